The van der Waals surface area contributed by atoms with Crippen molar-refractivity contribution in [1.29, 1.82) is 0 Å². The van der Waals surface area contributed by atoms with Crippen molar-refractivity contribution in [2.45, 2.75) is 51.6 Å². The maximum Gasteiger partial charge on any atom is 0.176 e. The number of hydrogen-bond acceptors (Lipinski definition) is 2. The third-order valence-corrected chi connectivity index (χ3v) is 2.77. The van der Waals surface area contributed by atoms with Crippen molar-refractivity contribution in [2.24, 2.45) is 0 Å². The molecular weight excluding hydrogens is 176 g/mol. The van der Waals surface area contributed by atoms with Gasteiger partial charge in [0.2, 0.25) is 0 Å². The molecule has 2 heteroatoms. The number of hydrogen-bond donors (Lipinski definition) is 0. The van der Waals surface area contributed by atoms with Crippen LogP contribution in [0.25, 0.3) is 0 Å². The van der Waals surface area contributed by atoms with Gasteiger partial charge >= 0.3 is 0 Å². The smallest absolute Gasteiger partial charge is 0.176 e. The first-order valence-corrected chi connectivity index (χ1v) is 5.32. The Bertz CT molecular complexity index is 251. The number of Topliss-reactive ketones (excluding diaryl/α,β-unsaturated/α-hetero) is 1. The van der Waals surface area contributed by atoms with Crippen LogP contribution in [0, 0.1) is 11.8 Å². The topological polar surface area (TPSA) is 26.3 Å². The predicted octanol–water partition coefficient (Wildman–Crippen LogP) is 2.32. The van der Waals surface area contributed by atoms with Gasteiger partial charge in [-0.2, -0.15) is 0 Å². The van der Waals surface area contributed by atoms with Crippen molar-refractivity contribution in [3.63, 3.8) is 0 Å². The van der Waals surface area contributed by atoms with E-state index in [0.717, 1.165) is 25.7 Å². The molecule has 0 radical (unpaired) electrons. The van der Waals surface area contributed by atoms with Gasteiger partial charge in [0.1, 0.15) is 5.60 Å². The quantitative estimate of drug-likeness (QED) is 0.642. The lowest BCUT2D eigenvalue weighted by molar-refractivity contribution is -0.142. The van der Waals surface area contributed by atoms with Crippen molar-refractivity contribution in [3.8, 4) is 11.8 Å². The highest BCUT2D eigenvalue weighted by molar-refractivity contribution is 5.89. The number of carbonyl (C=O) groups is 1. The van der Waals surface area contributed by atoms with Crippen LogP contribution in [-0.2, 0) is 9.53 Å². The second-order valence-electron chi connectivity index (χ2n) is 3.66. The second kappa shape index (κ2) is 5.17. The average molecular weight is 194 g/mol. The summed E-state index contributed by atoms with van der Waals surface area (Å²) in [4.78, 5) is 11.9. The molecule has 0 unspecified atom stereocenters. The molecular formula is C12H18O2. The molecule has 1 rings (SSSR count). The molecule has 0 saturated heterocycles. The zero-order valence-electron chi connectivity index (χ0n) is 9.06. The Balaban J connectivity index is 2.64. The van der Waals surface area contributed by atoms with E-state index in [2.05, 4.69) is 11.8 Å². The first kappa shape index (κ1) is 11.3. The van der Waals surface area contributed by atoms with E-state index in [1.165, 1.54) is 0 Å². The Kier molecular flexibility index (Phi) is 4.16. The Morgan fingerprint density at radius 3 is 2.57 bits per heavy atom. The molecule has 0 aliphatic heterocycles. The molecule has 0 N–H and O–H groups in total. The van der Waals surface area contributed by atoms with Gasteiger partial charge in [-0.05, 0) is 39.5 Å². The highest BCUT2D eigenvalue weighted by atomic mass is 16.5. The first-order valence-electron chi connectivity index (χ1n) is 5.32. The molecule has 0 heterocycles. The molecule has 0 atom stereocenters. The highest BCUT2D eigenvalue weighted by Crippen LogP contribution is 2.34. The average Bonchev–Trinajstić information content (AvgIpc) is 2.64. The summed E-state index contributed by atoms with van der Waals surface area (Å²) in [6.07, 6.45) is 4.31. The van der Waals surface area contributed by atoms with Crippen LogP contribution in [-0.4, -0.2) is 18.0 Å². The van der Waals surface area contributed by atoms with Crippen LogP contribution in [0.15, 0.2) is 0 Å². The molecule has 14 heavy (non-hydrogen) atoms. The van der Waals surface area contributed by atoms with E-state index in [1.54, 1.807) is 6.92 Å². The second-order valence-corrected chi connectivity index (χ2v) is 3.66. The van der Waals surface area contributed by atoms with Crippen LogP contribution in [0.4, 0.5) is 0 Å². The SMILES string of the molecule is CC#CCC(=O)C1(OCC)CCCC1. The van der Waals surface area contributed by atoms with Crippen molar-refractivity contribution >= 4 is 5.78 Å². The molecule has 0 bridgehead atoms. The van der Waals surface area contributed by atoms with E-state index < -0.39 is 5.60 Å². The summed E-state index contributed by atoms with van der Waals surface area (Å²) < 4.78 is 5.63. The normalized spacial score (nSPS) is 18.7. The van der Waals surface area contributed by atoms with Gasteiger partial charge in [0, 0.05) is 6.61 Å². The standard InChI is InChI=1S/C12H18O2/c1-3-5-8-11(13)12(14-4-2)9-6-7-10-12/h4,6-10H2,1-2H3. The van der Waals surface area contributed by atoms with Crippen LogP contribution in [0.2, 0.25) is 0 Å². The minimum atomic E-state index is -0.487. The fourth-order valence-corrected chi connectivity index (χ4v) is 2.06. The molecule has 1 saturated carbocycles. The summed E-state index contributed by atoms with van der Waals surface area (Å²) >= 11 is 0. The lowest BCUT2D eigenvalue weighted by atomic mass is 9.94. The molecule has 78 valence electrons. The van der Waals surface area contributed by atoms with Gasteiger partial charge in [-0.15, -0.1) is 5.92 Å². The van der Waals surface area contributed by atoms with Gasteiger partial charge in [0.25, 0.3) is 0 Å². The Morgan fingerprint density at radius 1 is 1.43 bits per heavy atom. The van der Waals surface area contributed by atoms with Crippen molar-refractivity contribution in [1.82, 2.24) is 0 Å². The van der Waals surface area contributed by atoms with Gasteiger partial charge in [0.05, 0.1) is 6.42 Å². The molecule has 2 nitrogen and oxygen atoms in total. The fourth-order valence-electron chi connectivity index (χ4n) is 2.06. The van der Waals surface area contributed by atoms with E-state index in [-0.39, 0.29) is 5.78 Å². The van der Waals surface area contributed by atoms with Crippen molar-refractivity contribution < 1.29 is 9.53 Å². The highest BCUT2D eigenvalue weighted by Gasteiger charge is 2.40. The molecule has 0 amide bonds. The van der Waals surface area contributed by atoms with E-state index in [1.807, 2.05) is 6.92 Å². The number of carbonyl (C=O) groups excluding carboxylic acids is 1. The van der Waals surface area contributed by atoms with Gasteiger partial charge < -0.3 is 4.74 Å². The van der Waals surface area contributed by atoms with Crippen LogP contribution in [0.1, 0.15) is 46.0 Å². The molecule has 1 aliphatic carbocycles. The molecule has 0 aromatic rings. The third-order valence-electron chi connectivity index (χ3n) is 2.77. The lowest BCUT2D eigenvalue weighted by Gasteiger charge is -2.26. The van der Waals surface area contributed by atoms with E-state index >= 15 is 0 Å². The zero-order valence-corrected chi connectivity index (χ0v) is 9.06. The summed E-state index contributed by atoms with van der Waals surface area (Å²) in [5.74, 6) is 5.76. The number of rotatable bonds is 4. The lowest BCUT2D eigenvalue weighted by Crippen LogP contribution is -2.38. The van der Waals surface area contributed by atoms with Gasteiger partial charge in [0.15, 0.2) is 5.78 Å². The van der Waals surface area contributed by atoms with Gasteiger partial charge in [-0.25, -0.2) is 0 Å². The molecule has 0 aromatic carbocycles. The summed E-state index contributed by atoms with van der Waals surface area (Å²) in [7, 11) is 0. The summed E-state index contributed by atoms with van der Waals surface area (Å²) in [5, 5.41) is 0. The third kappa shape index (κ3) is 2.36. The monoisotopic (exact) mass is 194 g/mol. The Labute approximate surface area is 86.0 Å². The van der Waals surface area contributed by atoms with Crippen LogP contribution < -0.4 is 0 Å². The maximum atomic E-state index is 11.9. The van der Waals surface area contributed by atoms with E-state index in [4.69, 9.17) is 4.74 Å². The molecule has 0 aromatic heterocycles. The fraction of sp³-hybridized carbons (Fsp3) is 0.750. The van der Waals surface area contributed by atoms with Crippen LogP contribution in [0.3, 0.4) is 0 Å². The Hall–Kier alpha value is -0.810. The van der Waals surface area contributed by atoms with Crippen LogP contribution in [0.5, 0.6) is 0 Å². The van der Waals surface area contributed by atoms with E-state index in [0.29, 0.717) is 13.0 Å². The molecule has 1 fully saturated rings. The largest absolute Gasteiger partial charge is 0.367 e. The van der Waals surface area contributed by atoms with Gasteiger partial charge in [-0.3, -0.25) is 4.79 Å². The molecule has 0 spiro atoms. The minimum Gasteiger partial charge on any atom is -0.367 e. The summed E-state index contributed by atoms with van der Waals surface area (Å²) in [6, 6.07) is 0. The zero-order chi connectivity index (χ0) is 10.4. The van der Waals surface area contributed by atoms with E-state index in [9.17, 15) is 4.79 Å². The van der Waals surface area contributed by atoms with Gasteiger partial charge in [-0.1, -0.05) is 5.92 Å². The number of ketones is 1. The van der Waals surface area contributed by atoms with Crippen LogP contribution >= 0.6 is 0 Å². The number of ether oxygens (including phenoxy) is 1. The molecule has 1 aliphatic rings. The van der Waals surface area contributed by atoms with Crippen molar-refractivity contribution in [2.75, 3.05) is 6.61 Å². The predicted molar refractivity (Wildman–Crippen MR) is 55.9 cm³/mol. The maximum absolute atomic E-state index is 11.9. The minimum absolute atomic E-state index is 0.172. The first-order chi connectivity index (χ1) is 6.75. The van der Waals surface area contributed by atoms with Crippen molar-refractivity contribution in [3.05, 3.63) is 0 Å². The summed E-state index contributed by atoms with van der Waals surface area (Å²) in [6.45, 7) is 4.32. The Morgan fingerprint density at radius 2 is 2.07 bits per heavy atom. The summed E-state index contributed by atoms with van der Waals surface area (Å²) in [5.41, 5.74) is -0.487.